The summed E-state index contributed by atoms with van der Waals surface area (Å²) in [6.45, 7) is 8.22. The SMILES string of the molecule is Cc1cc(C(=O)N2CCNC(C)(C)C2)ccc1O. The summed E-state index contributed by atoms with van der Waals surface area (Å²) >= 11 is 0. The van der Waals surface area contributed by atoms with Gasteiger partial charge in [-0.3, -0.25) is 4.79 Å². The largest absolute Gasteiger partial charge is 0.508 e. The molecule has 1 saturated heterocycles. The predicted octanol–water partition coefficient (Wildman–Crippen LogP) is 1.52. The first kappa shape index (κ1) is 12.9. The highest BCUT2D eigenvalue weighted by Crippen LogP contribution is 2.19. The Morgan fingerprint density at radius 1 is 1.44 bits per heavy atom. The van der Waals surface area contributed by atoms with E-state index in [1.165, 1.54) is 0 Å². The Morgan fingerprint density at radius 3 is 2.78 bits per heavy atom. The molecular weight excluding hydrogens is 228 g/mol. The van der Waals surface area contributed by atoms with E-state index in [1.54, 1.807) is 25.1 Å². The number of carbonyl (C=O) groups excluding carboxylic acids is 1. The molecule has 0 atom stereocenters. The number of amides is 1. The van der Waals surface area contributed by atoms with E-state index in [4.69, 9.17) is 0 Å². The molecule has 1 aliphatic rings. The number of rotatable bonds is 1. The van der Waals surface area contributed by atoms with Crippen molar-refractivity contribution < 1.29 is 9.90 Å². The van der Waals surface area contributed by atoms with Crippen LogP contribution in [0.1, 0.15) is 29.8 Å². The first-order valence-corrected chi connectivity index (χ1v) is 6.23. The van der Waals surface area contributed by atoms with Crippen molar-refractivity contribution in [1.29, 1.82) is 0 Å². The van der Waals surface area contributed by atoms with E-state index in [2.05, 4.69) is 19.2 Å². The average molecular weight is 248 g/mol. The van der Waals surface area contributed by atoms with E-state index >= 15 is 0 Å². The average Bonchev–Trinajstić information content (AvgIpc) is 2.30. The minimum atomic E-state index is -0.0418. The number of nitrogens with zero attached hydrogens (tertiary/aromatic N) is 1. The van der Waals surface area contributed by atoms with Crippen LogP contribution < -0.4 is 5.32 Å². The Hall–Kier alpha value is -1.55. The summed E-state index contributed by atoms with van der Waals surface area (Å²) in [5, 5.41) is 12.9. The van der Waals surface area contributed by atoms with E-state index in [1.807, 2.05) is 4.90 Å². The summed E-state index contributed by atoms with van der Waals surface area (Å²) in [5.74, 6) is 0.264. The normalized spacial score (nSPS) is 18.7. The van der Waals surface area contributed by atoms with Gasteiger partial charge in [0, 0.05) is 30.7 Å². The molecule has 0 aliphatic carbocycles. The Morgan fingerprint density at radius 2 is 2.17 bits per heavy atom. The number of aryl methyl sites for hydroxylation is 1. The highest BCUT2D eigenvalue weighted by atomic mass is 16.3. The van der Waals surface area contributed by atoms with Gasteiger partial charge in [0.05, 0.1) is 0 Å². The molecule has 1 aromatic rings. The fourth-order valence-corrected chi connectivity index (χ4v) is 2.29. The van der Waals surface area contributed by atoms with Gasteiger partial charge in [-0.2, -0.15) is 0 Å². The molecule has 0 spiro atoms. The van der Waals surface area contributed by atoms with Crippen molar-refractivity contribution in [2.45, 2.75) is 26.3 Å². The van der Waals surface area contributed by atoms with E-state index in [0.717, 1.165) is 18.7 Å². The van der Waals surface area contributed by atoms with Crippen molar-refractivity contribution in [3.05, 3.63) is 29.3 Å². The number of nitrogens with one attached hydrogen (secondary N) is 1. The zero-order valence-electron chi connectivity index (χ0n) is 11.2. The topological polar surface area (TPSA) is 52.6 Å². The summed E-state index contributed by atoms with van der Waals surface area (Å²) in [6, 6.07) is 5.00. The molecule has 1 amide bonds. The highest BCUT2D eigenvalue weighted by Gasteiger charge is 2.29. The van der Waals surface area contributed by atoms with Crippen LogP contribution >= 0.6 is 0 Å². The molecule has 1 aromatic carbocycles. The van der Waals surface area contributed by atoms with Crippen molar-refractivity contribution in [3.63, 3.8) is 0 Å². The van der Waals surface area contributed by atoms with Crippen LogP contribution in [0.5, 0.6) is 5.75 Å². The molecule has 4 heteroatoms. The van der Waals surface area contributed by atoms with Gasteiger partial charge in [0.15, 0.2) is 0 Å². The monoisotopic (exact) mass is 248 g/mol. The standard InChI is InChI=1S/C14H20N2O2/c1-10-8-11(4-5-12(10)17)13(18)16-7-6-15-14(2,3)9-16/h4-5,8,15,17H,6-7,9H2,1-3H3. The quantitative estimate of drug-likeness (QED) is 0.792. The van der Waals surface area contributed by atoms with Crippen molar-refractivity contribution in [1.82, 2.24) is 10.2 Å². The molecule has 0 aromatic heterocycles. The Bertz CT molecular complexity index is 469. The lowest BCUT2D eigenvalue weighted by Crippen LogP contribution is -2.58. The summed E-state index contributed by atoms with van der Waals surface area (Å²) < 4.78 is 0. The molecule has 1 heterocycles. The Labute approximate surface area is 108 Å². The number of piperazine rings is 1. The van der Waals surface area contributed by atoms with Crippen molar-refractivity contribution in [2.75, 3.05) is 19.6 Å². The maximum atomic E-state index is 12.4. The maximum absolute atomic E-state index is 12.4. The van der Waals surface area contributed by atoms with Gasteiger partial charge in [-0.15, -0.1) is 0 Å². The van der Waals surface area contributed by atoms with Crippen LogP contribution in [0, 0.1) is 6.92 Å². The van der Waals surface area contributed by atoms with E-state index in [-0.39, 0.29) is 17.2 Å². The van der Waals surface area contributed by atoms with Gasteiger partial charge in [0.1, 0.15) is 5.75 Å². The smallest absolute Gasteiger partial charge is 0.253 e. The molecule has 0 bridgehead atoms. The van der Waals surface area contributed by atoms with Crippen LogP contribution in [0.15, 0.2) is 18.2 Å². The first-order chi connectivity index (χ1) is 8.39. The van der Waals surface area contributed by atoms with Crippen LogP contribution in [-0.2, 0) is 0 Å². The molecule has 18 heavy (non-hydrogen) atoms. The minimum Gasteiger partial charge on any atom is -0.508 e. The summed E-state index contributed by atoms with van der Waals surface area (Å²) in [7, 11) is 0. The second-order valence-corrected chi connectivity index (χ2v) is 5.54. The van der Waals surface area contributed by atoms with Crippen LogP contribution in [0.4, 0.5) is 0 Å². The number of carbonyl (C=O) groups is 1. The van der Waals surface area contributed by atoms with Crippen LogP contribution in [-0.4, -0.2) is 41.1 Å². The Balaban J connectivity index is 2.18. The fraction of sp³-hybridized carbons (Fsp3) is 0.500. The molecule has 98 valence electrons. The zero-order chi connectivity index (χ0) is 13.3. The first-order valence-electron chi connectivity index (χ1n) is 6.23. The number of hydrogen-bond donors (Lipinski definition) is 2. The van der Waals surface area contributed by atoms with Crippen molar-refractivity contribution >= 4 is 5.91 Å². The molecule has 1 fully saturated rings. The number of aromatic hydroxyl groups is 1. The molecule has 0 radical (unpaired) electrons. The molecule has 2 N–H and O–H groups in total. The molecule has 1 aliphatic heterocycles. The second kappa shape index (κ2) is 4.61. The third kappa shape index (κ3) is 2.64. The van der Waals surface area contributed by atoms with Crippen molar-refractivity contribution in [3.8, 4) is 5.75 Å². The minimum absolute atomic E-state index is 0.0349. The van der Waals surface area contributed by atoms with Gasteiger partial charge >= 0.3 is 0 Å². The molecular formula is C14H20N2O2. The molecule has 2 rings (SSSR count). The van der Waals surface area contributed by atoms with Gasteiger partial charge < -0.3 is 15.3 Å². The van der Waals surface area contributed by atoms with Crippen molar-refractivity contribution in [2.24, 2.45) is 0 Å². The lowest BCUT2D eigenvalue weighted by Gasteiger charge is -2.39. The molecule has 4 nitrogen and oxygen atoms in total. The molecule has 0 unspecified atom stereocenters. The summed E-state index contributed by atoms with van der Waals surface area (Å²) in [6.07, 6.45) is 0. The van der Waals surface area contributed by atoms with Gasteiger partial charge in [-0.05, 0) is 44.5 Å². The maximum Gasteiger partial charge on any atom is 0.253 e. The van der Waals surface area contributed by atoms with Crippen LogP contribution in [0.3, 0.4) is 0 Å². The van der Waals surface area contributed by atoms with Gasteiger partial charge in [-0.1, -0.05) is 0 Å². The number of phenolic OH excluding ortho intramolecular Hbond substituents is 1. The lowest BCUT2D eigenvalue weighted by atomic mass is 10.0. The number of phenols is 1. The van der Waals surface area contributed by atoms with Gasteiger partial charge in [0.2, 0.25) is 0 Å². The number of hydrogen-bond acceptors (Lipinski definition) is 3. The third-order valence-corrected chi connectivity index (χ3v) is 3.30. The zero-order valence-corrected chi connectivity index (χ0v) is 11.2. The van der Waals surface area contributed by atoms with Gasteiger partial charge in [0.25, 0.3) is 5.91 Å². The predicted molar refractivity (Wildman–Crippen MR) is 70.8 cm³/mol. The van der Waals surface area contributed by atoms with E-state index < -0.39 is 0 Å². The molecule has 0 saturated carbocycles. The summed E-state index contributed by atoms with van der Waals surface area (Å²) in [5.41, 5.74) is 1.33. The third-order valence-electron chi connectivity index (χ3n) is 3.30. The van der Waals surface area contributed by atoms with E-state index in [0.29, 0.717) is 12.1 Å². The second-order valence-electron chi connectivity index (χ2n) is 5.54. The van der Waals surface area contributed by atoms with Crippen LogP contribution in [0.2, 0.25) is 0 Å². The van der Waals surface area contributed by atoms with Crippen LogP contribution in [0.25, 0.3) is 0 Å². The van der Waals surface area contributed by atoms with Gasteiger partial charge in [-0.25, -0.2) is 0 Å². The summed E-state index contributed by atoms with van der Waals surface area (Å²) in [4.78, 5) is 14.2. The Kier molecular flexibility index (Phi) is 3.30. The van der Waals surface area contributed by atoms with E-state index in [9.17, 15) is 9.90 Å². The number of benzene rings is 1. The fourth-order valence-electron chi connectivity index (χ4n) is 2.29. The lowest BCUT2D eigenvalue weighted by molar-refractivity contribution is 0.0652. The highest BCUT2D eigenvalue weighted by molar-refractivity contribution is 5.94.